The minimum atomic E-state index is -1.74. The van der Waals surface area contributed by atoms with Crippen LogP contribution in [0.2, 0.25) is 0 Å². The summed E-state index contributed by atoms with van der Waals surface area (Å²) in [5.41, 5.74) is -11.6. The van der Waals surface area contributed by atoms with E-state index in [-0.39, 0.29) is 0 Å². The van der Waals surface area contributed by atoms with Gasteiger partial charge in [-0.1, -0.05) is 0 Å². The maximum Gasteiger partial charge on any atom is 0.314 e. The molecule has 3 aromatic rings. The van der Waals surface area contributed by atoms with Crippen LogP contribution in [0.25, 0.3) is 48.1 Å². The van der Waals surface area contributed by atoms with E-state index in [9.17, 15) is 33.3 Å². The number of benzene rings is 1. The van der Waals surface area contributed by atoms with Gasteiger partial charge in [0.25, 0.3) is 11.4 Å². The lowest BCUT2D eigenvalue weighted by Crippen LogP contribution is -2.06. The van der Waals surface area contributed by atoms with E-state index in [2.05, 4.69) is 44.4 Å². The average molecular weight is 594 g/mol. The second-order valence-electron chi connectivity index (χ2n) is 8.11. The molecule has 1 aromatic carbocycles. The minimum absolute atomic E-state index is 0.857. The van der Waals surface area contributed by atoms with Gasteiger partial charge in [-0.3, -0.25) is 0 Å². The highest BCUT2D eigenvalue weighted by Gasteiger charge is 2.45. The first kappa shape index (κ1) is 28.3. The summed E-state index contributed by atoms with van der Waals surface area (Å²) < 4.78 is 89.4. The Kier molecular flexibility index (Phi) is 6.60. The second kappa shape index (κ2) is 10.3. The normalized spacial score (nSPS) is 15.3. The van der Waals surface area contributed by atoms with Gasteiger partial charge >= 0.3 is 24.3 Å². The molecule has 5 rings (SSSR count). The Morgan fingerprint density at radius 1 is 0.568 bits per heavy atom. The highest BCUT2D eigenvalue weighted by molar-refractivity contribution is 6.28. The number of nitriles is 3. The highest BCUT2D eigenvalue weighted by atomic mass is 19.2. The van der Waals surface area contributed by atoms with Crippen molar-refractivity contribution in [1.29, 1.82) is 15.8 Å². The number of hydrogen-bond acceptors (Lipinski definition) is 9. The molecule has 0 saturated carbocycles. The van der Waals surface area contributed by atoms with E-state index < -0.39 is 115 Å². The smallest absolute Gasteiger partial charge is 0.237 e. The van der Waals surface area contributed by atoms with E-state index >= 15 is 8.78 Å². The van der Waals surface area contributed by atoms with Crippen molar-refractivity contribution in [3.63, 3.8) is 0 Å². The molecular weight excluding hydrogens is 594 g/mol. The van der Waals surface area contributed by atoms with Gasteiger partial charge < -0.3 is 0 Å². The number of fused-ring (bicyclic) bond motifs is 2. The van der Waals surface area contributed by atoms with Crippen molar-refractivity contribution in [3.05, 3.63) is 115 Å². The molecule has 0 bridgehead atoms. The molecule has 0 radical (unpaired) electrons. The fourth-order valence-corrected chi connectivity index (χ4v) is 4.65. The van der Waals surface area contributed by atoms with Crippen molar-refractivity contribution < 1.29 is 26.3 Å². The molecule has 206 valence electrons. The molecule has 2 aromatic heterocycles. The predicted molar refractivity (Wildman–Crippen MR) is 130 cm³/mol. The van der Waals surface area contributed by atoms with Gasteiger partial charge in [0, 0.05) is 44.5 Å². The molecule has 0 amide bonds. The van der Waals surface area contributed by atoms with E-state index in [1.807, 2.05) is 0 Å². The minimum Gasteiger partial charge on any atom is -0.237 e. The molecule has 0 spiro atoms. The summed E-state index contributed by atoms with van der Waals surface area (Å²) >= 11 is 0. The van der Waals surface area contributed by atoms with Crippen LogP contribution in [-0.2, 0) is 0 Å². The van der Waals surface area contributed by atoms with Crippen molar-refractivity contribution in [1.82, 2.24) is 29.9 Å². The molecule has 0 unspecified atom stereocenters. The number of allylic oxidation sites excluding steroid dienone is 7. The maximum absolute atomic E-state index is 16.7. The summed E-state index contributed by atoms with van der Waals surface area (Å²) in [6.45, 7) is 22.5. The van der Waals surface area contributed by atoms with Gasteiger partial charge in [-0.15, -0.1) is 0 Å². The zero-order chi connectivity index (χ0) is 32.0. The lowest BCUT2D eigenvalue weighted by molar-refractivity contribution is 0.451. The largest absolute Gasteiger partial charge is 0.314 e. The quantitative estimate of drug-likeness (QED) is 0.237. The van der Waals surface area contributed by atoms with Gasteiger partial charge in [0.05, 0.1) is 37.4 Å². The standard InChI is InChI=1S/C26F6N12/c1-36-8(5-34)12-11(21-39-23(29)43-24(30)40-21)7(4-33)10-14(12)19(28)16-15(18(10)27)13(9(6-35)37-2)17(20(16)38-3)22-41-25(31)44-26(32)42-22/b12-8-,13-9-. The fourth-order valence-electron chi connectivity index (χ4n) is 4.65. The molecule has 0 aliphatic heterocycles. The third-order valence-electron chi connectivity index (χ3n) is 6.09. The van der Waals surface area contributed by atoms with Gasteiger partial charge in [-0.25, -0.2) is 33.8 Å². The Balaban J connectivity index is 2.05. The fraction of sp³-hybridized carbons (Fsp3) is 0. The Labute approximate surface area is 239 Å². The third-order valence-corrected chi connectivity index (χ3v) is 6.09. The van der Waals surface area contributed by atoms with Crippen LogP contribution in [0.15, 0.2) is 11.4 Å². The van der Waals surface area contributed by atoms with Crippen molar-refractivity contribution in [3.8, 4) is 18.2 Å². The molecule has 0 N–H and O–H groups in total. The molecule has 0 atom stereocenters. The highest BCUT2D eigenvalue weighted by Crippen LogP contribution is 2.57. The predicted octanol–water partition coefficient (Wildman–Crippen LogP) is 4.45. The molecule has 0 fully saturated rings. The van der Waals surface area contributed by atoms with Crippen LogP contribution >= 0.6 is 0 Å². The molecule has 18 heteroatoms. The average Bonchev–Trinajstić information content (AvgIpc) is 3.51. The van der Waals surface area contributed by atoms with E-state index in [1.54, 1.807) is 0 Å². The van der Waals surface area contributed by atoms with Crippen LogP contribution in [0.4, 0.5) is 26.3 Å². The second-order valence-corrected chi connectivity index (χ2v) is 8.11. The van der Waals surface area contributed by atoms with Gasteiger partial charge in [0.2, 0.25) is 5.70 Å². The third kappa shape index (κ3) is 3.89. The molecular formula is C26F6N12. The number of hydrogen-bond donors (Lipinski definition) is 0. The molecule has 12 nitrogen and oxygen atoms in total. The summed E-state index contributed by atoms with van der Waals surface area (Å²) in [4.78, 5) is 27.3. The molecule has 0 saturated heterocycles. The van der Waals surface area contributed by atoms with Gasteiger partial charge in [-0.2, -0.15) is 52.7 Å². The number of halogens is 6. The Hall–Kier alpha value is -7.28. The van der Waals surface area contributed by atoms with Crippen molar-refractivity contribution in [2.45, 2.75) is 0 Å². The zero-order valence-corrected chi connectivity index (χ0v) is 20.6. The molecule has 2 heterocycles. The number of rotatable bonds is 2. The van der Waals surface area contributed by atoms with E-state index in [0.29, 0.717) is 0 Å². The van der Waals surface area contributed by atoms with E-state index in [1.165, 1.54) is 18.2 Å². The van der Waals surface area contributed by atoms with Crippen LogP contribution in [-0.4, -0.2) is 29.9 Å². The van der Waals surface area contributed by atoms with Gasteiger partial charge in [0.15, 0.2) is 11.6 Å². The Morgan fingerprint density at radius 2 is 0.977 bits per heavy atom. The van der Waals surface area contributed by atoms with E-state index in [0.717, 1.165) is 0 Å². The van der Waals surface area contributed by atoms with Gasteiger partial charge in [-0.05, 0) is 0 Å². The Bertz CT molecular complexity index is 2080. The first-order valence-corrected chi connectivity index (χ1v) is 11.1. The van der Waals surface area contributed by atoms with E-state index in [4.69, 9.17) is 19.7 Å². The van der Waals surface area contributed by atoms with Crippen molar-refractivity contribution >= 4 is 33.6 Å². The first-order valence-electron chi connectivity index (χ1n) is 11.1. The first-order chi connectivity index (χ1) is 21.1. The SMILES string of the molecule is [C-]#[N+]C1=C(c2nc(F)nc(F)n2)/C(=C(/C#N)[N+]#[C-])c2c(F)c3c(c(F)c21)/C(=C(/C#N)[N+]#[C-])C(c1nc(F)nc(F)n1)=C3C#N. The lowest BCUT2D eigenvalue weighted by Gasteiger charge is -2.14. The summed E-state index contributed by atoms with van der Waals surface area (Å²) in [5, 5.41) is 29.3. The van der Waals surface area contributed by atoms with Crippen molar-refractivity contribution in [2.75, 3.05) is 0 Å². The zero-order valence-electron chi connectivity index (χ0n) is 20.6. The van der Waals surface area contributed by atoms with Crippen LogP contribution in [0.5, 0.6) is 0 Å². The monoisotopic (exact) mass is 594 g/mol. The summed E-state index contributed by atoms with van der Waals surface area (Å²) in [6.07, 6.45) is -6.95. The molecule has 2 aliphatic rings. The summed E-state index contributed by atoms with van der Waals surface area (Å²) in [5.74, 6) is -5.36. The number of nitrogens with zero attached hydrogens (tertiary/aromatic N) is 12. The topological polar surface area (TPSA) is 162 Å². The lowest BCUT2D eigenvalue weighted by atomic mass is 9.91. The van der Waals surface area contributed by atoms with Gasteiger partial charge in [0.1, 0.15) is 17.7 Å². The summed E-state index contributed by atoms with van der Waals surface area (Å²) in [7, 11) is 0. The van der Waals surface area contributed by atoms with Crippen LogP contribution in [0.3, 0.4) is 0 Å². The Morgan fingerprint density at radius 3 is 1.39 bits per heavy atom. The molecule has 2 aliphatic carbocycles. The van der Waals surface area contributed by atoms with Crippen LogP contribution in [0, 0.1) is 89.7 Å². The van der Waals surface area contributed by atoms with Crippen molar-refractivity contribution in [2.24, 2.45) is 0 Å². The molecule has 44 heavy (non-hydrogen) atoms. The maximum atomic E-state index is 16.7. The summed E-state index contributed by atoms with van der Waals surface area (Å²) in [6, 6.07) is 4.29. The number of aromatic nitrogens is 6. The van der Waals surface area contributed by atoms with Crippen LogP contribution in [0.1, 0.15) is 33.9 Å². The van der Waals surface area contributed by atoms with Crippen LogP contribution < -0.4 is 0 Å².